The first-order valence-corrected chi connectivity index (χ1v) is 8.78. The topological polar surface area (TPSA) is 72.2 Å². The molecule has 1 saturated heterocycles. The van der Waals surface area contributed by atoms with Crippen molar-refractivity contribution in [3.05, 3.63) is 29.5 Å². The van der Waals surface area contributed by atoms with Crippen LogP contribution in [0, 0.1) is 18.3 Å². The number of hydrogen-bond donors (Lipinski definition) is 3. The molecule has 5 heteroatoms. The maximum atomic E-state index is 10.4. The van der Waals surface area contributed by atoms with E-state index in [-0.39, 0.29) is 5.76 Å². The predicted octanol–water partition coefficient (Wildman–Crippen LogP) is 3.54. The molecular formula is C19H30N4O. The molecule has 1 fully saturated rings. The zero-order valence-corrected chi connectivity index (χ0v) is 15.3. The Bertz CT molecular complexity index is 601. The molecule has 2 rings (SSSR count). The van der Waals surface area contributed by atoms with Gasteiger partial charge >= 0.3 is 0 Å². The van der Waals surface area contributed by atoms with Crippen molar-refractivity contribution in [3.8, 4) is 0 Å². The number of aromatic nitrogens is 1. The maximum Gasteiger partial charge on any atom is 0.139 e. The van der Waals surface area contributed by atoms with E-state index in [9.17, 15) is 5.11 Å². The highest BCUT2D eigenvalue weighted by Crippen LogP contribution is 2.27. The van der Waals surface area contributed by atoms with Gasteiger partial charge in [-0.3, -0.25) is 0 Å². The summed E-state index contributed by atoms with van der Waals surface area (Å²) in [4.78, 5) is 6.81. The number of aryl methyl sites for hydroxylation is 1. The number of hydrogen-bond acceptors (Lipinski definition) is 5. The summed E-state index contributed by atoms with van der Waals surface area (Å²) in [6.45, 7) is 11.0. The molecule has 1 aliphatic heterocycles. The number of nitrogens with zero attached hydrogens (tertiary/aromatic N) is 2. The number of rotatable bonds is 6. The van der Waals surface area contributed by atoms with E-state index in [0.29, 0.717) is 17.7 Å². The standard InChI is InChI=1S/C19H30N4O/c1-13(2)11-21-16-5-7-23(8-6-16)19-17(9-14(3)12-22-19)18(24)10-15(4)20/h9-10,12-13,16,20-21,24H,5-8,11H2,1-4H3/b18-10-,20-15?. The third kappa shape index (κ3) is 5.06. The lowest BCUT2D eigenvalue weighted by atomic mass is 10.0. The van der Waals surface area contributed by atoms with E-state index in [1.54, 1.807) is 6.92 Å². The smallest absolute Gasteiger partial charge is 0.139 e. The van der Waals surface area contributed by atoms with Crippen LogP contribution in [0.4, 0.5) is 5.82 Å². The van der Waals surface area contributed by atoms with E-state index in [4.69, 9.17) is 5.41 Å². The molecule has 0 amide bonds. The lowest BCUT2D eigenvalue weighted by molar-refractivity contribution is 0.391. The molecule has 0 unspecified atom stereocenters. The third-order valence-corrected chi connectivity index (χ3v) is 4.24. The molecule has 0 aromatic carbocycles. The Morgan fingerprint density at radius 2 is 2.12 bits per heavy atom. The average molecular weight is 330 g/mol. The van der Waals surface area contributed by atoms with Crippen molar-refractivity contribution >= 4 is 17.3 Å². The summed E-state index contributed by atoms with van der Waals surface area (Å²) in [6.07, 6.45) is 5.48. The second-order valence-electron chi connectivity index (χ2n) is 7.16. The van der Waals surface area contributed by atoms with Crippen LogP contribution in [0.15, 0.2) is 18.3 Å². The highest BCUT2D eigenvalue weighted by molar-refractivity contribution is 5.96. The number of allylic oxidation sites excluding steroid dienone is 1. The second-order valence-corrected chi connectivity index (χ2v) is 7.16. The predicted molar refractivity (Wildman–Crippen MR) is 101 cm³/mol. The van der Waals surface area contributed by atoms with Crippen molar-refractivity contribution in [2.45, 2.75) is 46.6 Å². The molecule has 132 valence electrons. The van der Waals surface area contributed by atoms with Crippen molar-refractivity contribution in [2.24, 2.45) is 5.92 Å². The van der Waals surface area contributed by atoms with Gasteiger partial charge in [0.15, 0.2) is 0 Å². The molecular weight excluding hydrogens is 300 g/mol. The quantitative estimate of drug-likeness (QED) is 0.551. The lowest BCUT2D eigenvalue weighted by Crippen LogP contribution is -2.44. The van der Waals surface area contributed by atoms with Crippen molar-refractivity contribution in [3.63, 3.8) is 0 Å². The summed E-state index contributed by atoms with van der Waals surface area (Å²) in [5.74, 6) is 1.60. The fraction of sp³-hybridized carbons (Fsp3) is 0.579. The van der Waals surface area contributed by atoms with Crippen molar-refractivity contribution in [1.82, 2.24) is 10.3 Å². The van der Waals surface area contributed by atoms with Crippen LogP contribution in [-0.4, -0.2) is 41.5 Å². The summed E-state index contributed by atoms with van der Waals surface area (Å²) in [5, 5.41) is 21.6. The van der Waals surface area contributed by atoms with E-state index in [1.807, 2.05) is 19.2 Å². The van der Waals surface area contributed by atoms with Crippen LogP contribution in [0.1, 0.15) is 44.7 Å². The van der Waals surface area contributed by atoms with E-state index in [1.165, 1.54) is 6.08 Å². The Kier molecular flexibility index (Phi) is 6.37. The van der Waals surface area contributed by atoms with Crippen LogP contribution in [0.25, 0.3) is 5.76 Å². The minimum absolute atomic E-state index is 0.119. The van der Waals surface area contributed by atoms with Gasteiger partial charge in [0, 0.05) is 37.1 Å². The minimum atomic E-state index is 0.119. The normalized spacial score (nSPS) is 16.7. The van der Waals surface area contributed by atoms with Gasteiger partial charge in [-0.05, 0) is 50.8 Å². The fourth-order valence-corrected chi connectivity index (χ4v) is 2.98. The van der Waals surface area contributed by atoms with Crippen LogP contribution >= 0.6 is 0 Å². The first-order chi connectivity index (χ1) is 11.4. The molecule has 2 heterocycles. The SMILES string of the molecule is CC(=N)/C=C(\O)c1cc(C)cnc1N1CCC(NCC(C)C)CC1. The molecule has 1 aromatic rings. The van der Waals surface area contributed by atoms with Gasteiger partial charge < -0.3 is 20.7 Å². The fourth-order valence-electron chi connectivity index (χ4n) is 2.98. The largest absolute Gasteiger partial charge is 0.507 e. The molecule has 0 saturated carbocycles. The van der Waals surface area contributed by atoms with Crippen LogP contribution in [0.2, 0.25) is 0 Å². The Hall–Kier alpha value is -1.88. The Morgan fingerprint density at radius 3 is 2.71 bits per heavy atom. The Labute approximate surface area is 145 Å². The van der Waals surface area contributed by atoms with Crippen molar-refractivity contribution < 1.29 is 5.11 Å². The highest BCUT2D eigenvalue weighted by Gasteiger charge is 2.23. The average Bonchev–Trinajstić information content (AvgIpc) is 2.53. The third-order valence-electron chi connectivity index (χ3n) is 4.24. The zero-order chi connectivity index (χ0) is 17.7. The number of pyridine rings is 1. The Balaban J connectivity index is 2.11. The zero-order valence-electron chi connectivity index (χ0n) is 15.3. The summed E-state index contributed by atoms with van der Waals surface area (Å²) in [6, 6.07) is 2.51. The summed E-state index contributed by atoms with van der Waals surface area (Å²) >= 11 is 0. The Morgan fingerprint density at radius 1 is 1.46 bits per heavy atom. The highest BCUT2D eigenvalue weighted by atomic mass is 16.3. The minimum Gasteiger partial charge on any atom is -0.507 e. The van der Waals surface area contributed by atoms with E-state index in [2.05, 4.69) is 29.0 Å². The van der Waals surface area contributed by atoms with Gasteiger partial charge in [-0.25, -0.2) is 4.98 Å². The van der Waals surface area contributed by atoms with Gasteiger partial charge in [0.2, 0.25) is 0 Å². The molecule has 0 radical (unpaired) electrons. The molecule has 0 atom stereocenters. The van der Waals surface area contributed by atoms with E-state index >= 15 is 0 Å². The molecule has 0 bridgehead atoms. The van der Waals surface area contributed by atoms with Crippen LogP contribution in [-0.2, 0) is 0 Å². The van der Waals surface area contributed by atoms with Crippen molar-refractivity contribution in [2.75, 3.05) is 24.5 Å². The summed E-state index contributed by atoms with van der Waals surface area (Å²) < 4.78 is 0. The number of nitrogens with one attached hydrogen (secondary N) is 2. The van der Waals surface area contributed by atoms with Gasteiger partial charge in [-0.15, -0.1) is 0 Å². The molecule has 0 spiro atoms. The number of aliphatic hydroxyl groups excluding tert-OH is 1. The molecule has 0 aliphatic carbocycles. The molecule has 5 nitrogen and oxygen atoms in total. The van der Waals surface area contributed by atoms with Gasteiger partial charge in [0.1, 0.15) is 11.6 Å². The number of aliphatic hydroxyl groups is 1. The molecule has 24 heavy (non-hydrogen) atoms. The van der Waals surface area contributed by atoms with E-state index < -0.39 is 0 Å². The van der Waals surface area contributed by atoms with Gasteiger partial charge in [0.25, 0.3) is 0 Å². The van der Waals surface area contributed by atoms with Crippen molar-refractivity contribution in [1.29, 1.82) is 5.41 Å². The van der Waals surface area contributed by atoms with E-state index in [0.717, 1.165) is 49.4 Å². The van der Waals surface area contributed by atoms with Gasteiger partial charge in [-0.2, -0.15) is 0 Å². The van der Waals surface area contributed by atoms with Crippen LogP contribution < -0.4 is 10.2 Å². The second kappa shape index (κ2) is 8.29. The van der Waals surface area contributed by atoms with Crippen LogP contribution in [0.5, 0.6) is 0 Å². The summed E-state index contributed by atoms with van der Waals surface area (Å²) in [7, 11) is 0. The number of anilines is 1. The first kappa shape index (κ1) is 18.5. The molecule has 1 aliphatic rings. The molecule has 3 N–H and O–H groups in total. The molecule has 1 aromatic heterocycles. The van der Waals surface area contributed by atoms with Gasteiger partial charge in [0.05, 0.1) is 5.56 Å². The summed E-state index contributed by atoms with van der Waals surface area (Å²) in [5.41, 5.74) is 2.05. The monoisotopic (exact) mass is 330 g/mol. The lowest BCUT2D eigenvalue weighted by Gasteiger charge is -2.34. The first-order valence-electron chi connectivity index (χ1n) is 8.78. The van der Waals surface area contributed by atoms with Crippen LogP contribution in [0.3, 0.4) is 0 Å². The maximum absolute atomic E-state index is 10.4. The van der Waals surface area contributed by atoms with Gasteiger partial charge in [-0.1, -0.05) is 13.8 Å². The number of piperidine rings is 1.